The summed E-state index contributed by atoms with van der Waals surface area (Å²) in [4.78, 5) is 0. The number of methoxy groups -OCH3 is 2. The summed E-state index contributed by atoms with van der Waals surface area (Å²) < 4.78 is 17.5. The molecule has 0 saturated heterocycles. The summed E-state index contributed by atoms with van der Waals surface area (Å²) >= 11 is 0. The average Bonchev–Trinajstić information content (AvgIpc) is 3.37. The lowest BCUT2D eigenvalue weighted by Crippen LogP contribution is -2.51. The minimum absolute atomic E-state index is 0.0672. The number of phenolic OH excluding ortho intramolecular Hbond substituents is 1. The number of hydrazone groups is 1. The maximum absolute atomic E-state index is 10.5. The maximum Gasteiger partial charge on any atom is 0.198 e. The van der Waals surface area contributed by atoms with Gasteiger partial charge in [-0.2, -0.15) is 5.10 Å². The monoisotopic (exact) mass is 380 g/mol. The van der Waals surface area contributed by atoms with Gasteiger partial charge in [-0.1, -0.05) is 12.1 Å². The topological polar surface area (TPSA) is 63.5 Å². The van der Waals surface area contributed by atoms with Crippen LogP contribution in [0.2, 0.25) is 0 Å². The van der Waals surface area contributed by atoms with Crippen LogP contribution >= 0.6 is 0 Å². The lowest BCUT2D eigenvalue weighted by molar-refractivity contribution is -0.115. The van der Waals surface area contributed by atoms with Crippen molar-refractivity contribution in [1.82, 2.24) is 5.01 Å². The van der Waals surface area contributed by atoms with Crippen LogP contribution in [0.5, 0.6) is 23.0 Å². The molecule has 0 unspecified atom stereocenters. The third-order valence-corrected chi connectivity index (χ3v) is 6.11. The first-order chi connectivity index (χ1) is 13.6. The predicted molar refractivity (Wildman–Crippen MR) is 105 cm³/mol. The van der Waals surface area contributed by atoms with Gasteiger partial charge in [-0.05, 0) is 37.1 Å². The van der Waals surface area contributed by atoms with Gasteiger partial charge >= 0.3 is 0 Å². The fourth-order valence-corrected chi connectivity index (χ4v) is 4.72. The zero-order valence-electron chi connectivity index (χ0n) is 16.1. The Hall–Kier alpha value is -2.89. The summed E-state index contributed by atoms with van der Waals surface area (Å²) in [6.07, 6.45) is 4.79. The normalized spacial score (nSPS) is 21.7. The Balaban J connectivity index is 1.62. The van der Waals surface area contributed by atoms with E-state index in [-0.39, 0.29) is 11.8 Å². The molecule has 146 valence electrons. The summed E-state index contributed by atoms with van der Waals surface area (Å²) in [7, 11) is 3.30. The number of fused-ring (bicyclic) bond motifs is 4. The molecule has 3 aliphatic rings. The van der Waals surface area contributed by atoms with Crippen LogP contribution in [0.25, 0.3) is 0 Å². The summed E-state index contributed by atoms with van der Waals surface area (Å²) in [5.74, 6) is 2.52. The molecule has 2 aliphatic heterocycles. The van der Waals surface area contributed by atoms with Crippen molar-refractivity contribution in [3.63, 3.8) is 0 Å². The van der Waals surface area contributed by atoms with E-state index >= 15 is 0 Å². The van der Waals surface area contributed by atoms with Crippen LogP contribution in [-0.2, 0) is 0 Å². The van der Waals surface area contributed by atoms with Crippen LogP contribution in [-0.4, -0.2) is 35.8 Å². The molecule has 1 aliphatic carbocycles. The van der Waals surface area contributed by atoms with E-state index in [0.29, 0.717) is 17.7 Å². The standard InChI is InChI=1S/C22H24N2O4/c1-26-14-8-9-19(25)16(12-14)17-13-18-15-6-5-7-20(27-2)21(15)28-22(24(18)23-17)10-3-4-11-22/h5-9,12,18,25H,3-4,10-11,13H2,1-2H3/t18-/m0/s1. The molecule has 2 aromatic rings. The Morgan fingerprint density at radius 1 is 1.14 bits per heavy atom. The molecule has 6 heteroatoms. The van der Waals surface area contributed by atoms with Crippen molar-refractivity contribution in [2.75, 3.05) is 14.2 Å². The van der Waals surface area contributed by atoms with Gasteiger partial charge in [0.15, 0.2) is 17.2 Å². The number of benzene rings is 2. The molecular weight excluding hydrogens is 356 g/mol. The summed E-state index contributed by atoms with van der Waals surface area (Å²) in [5.41, 5.74) is 2.21. The first-order valence-electron chi connectivity index (χ1n) is 9.75. The first-order valence-corrected chi connectivity index (χ1v) is 9.75. The second-order valence-corrected chi connectivity index (χ2v) is 7.63. The number of aromatic hydroxyl groups is 1. The van der Waals surface area contributed by atoms with Gasteiger partial charge in [0.1, 0.15) is 11.5 Å². The lowest BCUT2D eigenvalue weighted by Gasteiger charge is -2.46. The smallest absolute Gasteiger partial charge is 0.198 e. The fourth-order valence-electron chi connectivity index (χ4n) is 4.72. The van der Waals surface area contributed by atoms with Gasteiger partial charge in [-0.15, -0.1) is 0 Å². The Labute approximate surface area is 164 Å². The van der Waals surface area contributed by atoms with Crippen molar-refractivity contribution in [2.24, 2.45) is 5.10 Å². The predicted octanol–water partition coefficient (Wildman–Crippen LogP) is 4.22. The van der Waals surface area contributed by atoms with Gasteiger partial charge < -0.3 is 19.3 Å². The van der Waals surface area contributed by atoms with Crippen molar-refractivity contribution in [3.8, 4) is 23.0 Å². The van der Waals surface area contributed by atoms with E-state index in [1.54, 1.807) is 26.4 Å². The molecule has 0 amide bonds. The van der Waals surface area contributed by atoms with Crippen molar-refractivity contribution < 1.29 is 19.3 Å². The van der Waals surface area contributed by atoms with Crippen LogP contribution in [0, 0.1) is 0 Å². The number of rotatable bonds is 3. The van der Waals surface area contributed by atoms with Gasteiger partial charge in [-0.25, -0.2) is 5.01 Å². The maximum atomic E-state index is 10.5. The number of ether oxygens (including phenoxy) is 3. The largest absolute Gasteiger partial charge is 0.507 e. The highest BCUT2D eigenvalue weighted by atomic mass is 16.5. The van der Waals surface area contributed by atoms with Gasteiger partial charge in [0.25, 0.3) is 0 Å². The molecule has 2 aromatic carbocycles. The molecule has 6 nitrogen and oxygen atoms in total. The third kappa shape index (κ3) is 2.44. The molecule has 1 fully saturated rings. The van der Waals surface area contributed by atoms with E-state index in [2.05, 4.69) is 11.1 Å². The number of nitrogens with zero attached hydrogens (tertiary/aromatic N) is 2. The number of phenols is 1. The molecule has 0 aromatic heterocycles. The van der Waals surface area contributed by atoms with Gasteiger partial charge in [0.2, 0.25) is 0 Å². The molecule has 1 saturated carbocycles. The van der Waals surface area contributed by atoms with Crippen LogP contribution in [0.3, 0.4) is 0 Å². The molecule has 0 radical (unpaired) electrons. The van der Waals surface area contributed by atoms with E-state index in [1.165, 1.54) is 0 Å². The second-order valence-electron chi connectivity index (χ2n) is 7.63. The lowest BCUT2D eigenvalue weighted by atomic mass is 9.93. The van der Waals surface area contributed by atoms with Crippen LogP contribution in [0.15, 0.2) is 41.5 Å². The molecule has 5 rings (SSSR count). The van der Waals surface area contributed by atoms with Gasteiger partial charge in [0, 0.05) is 30.4 Å². The van der Waals surface area contributed by atoms with E-state index in [1.807, 2.05) is 18.2 Å². The van der Waals surface area contributed by atoms with Crippen molar-refractivity contribution in [3.05, 3.63) is 47.5 Å². The van der Waals surface area contributed by atoms with E-state index in [0.717, 1.165) is 48.5 Å². The summed E-state index contributed by atoms with van der Waals surface area (Å²) in [6.45, 7) is 0. The Kier molecular flexibility index (Phi) is 3.89. The number of hydrogen-bond acceptors (Lipinski definition) is 6. The molecule has 1 atom stereocenters. The number of para-hydroxylation sites is 1. The van der Waals surface area contributed by atoms with E-state index in [4.69, 9.17) is 19.3 Å². The molecular formula is C22H24N2O4. The van der Waals surface area contributed by atoms with Crippen LogP contribution in [0.4, 0.5) is 0 Å². The summed E-state index contributed by atoms with van der Waals surface area (Å²) in [6, 6.07) is 11.4. The fraction of sp³-hybridized carbons (Fsp3) is 0.409. The highest BCUT2D eigenvalue weighted by molar-refractivity contribution is 6.04. The molecule has 28 heavy (non-hydrogen) atoms. The van der Waals surface area contributed by atoms with E-state index in [9.17, 15) is 5.11 Å². The van der Waals surface area contributed by atoms with Gasteiger partial charge in [0.05, 0.1) is 26.0 Å². The minimum Gasteiger partial charge on any atom is -0.507 e. The quantitative estimate of drug-likeness (QED) is 0.864. The third-order valence-electron chi connectivity index (χ3n) is 6.11. The number of hydrogen-bond donors (Lipinski definition) is 1. The van der Waals surface area contributed by atoms with Crippen molar-refractivity contribution in [1.29, 1.82) is 0 Å². The SMILES string of the molecule is COc1ccc(O)c(C2=NN3[C@@H](C2)c2cccc(OC)c2OC32CCCC2)c1. The average molecular weight is 380 g/mol. The highest BCUT2D eigenvalue weighted by Gasteiger charge is 2.52. The van der Waals surface area contributed by atoms with Gasteiger partial charge in [-0.3, -0.25) is 0 Å². The molecule has 1 N–H and O–H groups in total. The van der Waals surface area contributed by atoms with E-state index < -0.39 is 5.72 Å². The minimum atomic E-state index is -0.442. The van der Waals surface area contributed by atoms with Crippen molar-refractivity contribution in [2.45, 2.75) is 43.9 Å². The zero-order valence-corrected chi connectivity index (χ0v) is 16.1. The molecule has 0 bridgehead atoms. The second kappa shape index (κ2) is 6.33. The van der Waals surface area contributed by atoms with Crippen LogP contribution in [0.1, 0.15) is 49.3 Å². The Bertz CT molecular complexity index is 950. The molecule has 2 heterocycles. The summed E-state index contributed by atoms with van der Waals surface area (Å²) in [5, 5.41) is 17.6. The molecule has 1 spiro atoms. The highest BCUT2D eigenvalue weighted by Crippen LogP contribution is 2.54. The Morgan fingerprint density at radius 2 is 1.96 bits per heavy atom. The van der Waals surface area contributed by atoms with Crippen molar-refractivity contribution >= 4 is 5.71 Å². The van der Waals surface area contributed by atoms with Crippen LogP contribution < -0.4 is 14.2 Å². The zero-order chi connectivity index (χ0) is 19.3. The first kappa shape index (κ1) is 17.2. The Morgan fingerprint density at radius 3 is 2.71 bits per heavy atom.